The lowest BCUT2D eigenvalue weighted by atomic mass is 9.94. The Labute approximate surface area is 177 Å². The van der Waals surface area contributed by atoms with Crippen molar-refractivity contribution < 1.29 is 4.79 Å². The predicted octanol–water partition coefficient (Wildman–Crippen LogP) is 6.49. The predicted molar refractivity (Wildman–Crippen MR) is 123 cm³/mol. The highest BCUT2D eigenvalue weighted by Crippen LogP contribution is 2.37. The molecule has 1 heterocycles. The van der Waals surface area contributed by atoms with Crippen molar-refractivity contribution in [2.45, 2.75) is 45.1 Å². The minimum Gasteiger partial charge on any atom is -0.283 e. The molecule has 29 heavy (non-hydrogen) atoms. The van der Waals surface area contributed by atoms with Crippen molar-refractivity contribution in [3.8, 4) is 0 Å². The molecule has 0 bridgehead atoms. The lowest BCUT2D eigenvalue weighted by Crippen LogP contribution is -2.40. The van der Waals surface area contributed by atoms with Crippen LogP contribution in [-0.2, 0) is 4.79 Å². The third-order valence-electron chi connectivity index (χ3n) is 5.37. The molecule has 0 atom stereocenters. The molecule has 1 amide bonds. The number of carbonyl (C=O) groups is 1. The van der Waals surface area contributed by atoms with Crippen molar-refractivity contribution in [1.82, 2.24) is 4.90 Å². The molecule has 0 spiro atoms. The number of carbonyl (C=O) groups excluding carboxylic acids is 1. The number of thioether (sulfide) groups is 1. The van der Waals surface area contributed by atoms with Crippen LogP contribution in [0.25, 0.3) is 6.08 Å². The maximum absolute atomic E-state index is 13.2. The van der Waals surface area contributed by atoms with Gasteiger partial charge in [0, 0.05) is 6.04 Å². The molecule has 1 aliphatic heterocycles. The first-order valence-corrected chi connectivity index (χ1v) is 11.1. The number of allylic oxidation sites excluding steroid dienone is 2. The second kappa shape index (κ2) is 9.27. The van der Waals surface area contributed by atoms with Gasteiger partial charge in [-0.3, -0.25) is 9.69 Å². The Kier molecular flexibility index (Phi) is 6.30. The quantitative estimate of drug-likeness (QED) is 0.548. The van der Waals surface area contributed by atoms with Crippen LogP contribution in [0.1, 0.15) is 43.2 Å². The van der Waals surface area contributed by atoms with Crippen molar-refractivity contribution >= 4 is 34.6 Å². The summed E-state index contributed by atoms with van der Waals surface area (Å²) < 4.78 is 0. The first kappa shape index (κ1) is 19.7. The van der Waals surface area contributed by atoms with E-state index in [1.807, 2.05) is 53.5 Å². The smallest absolute Gasteiger partial charge is 0.266 e. The Bertz CT molecular complexity index is 939. The molecular formula is C25H26N2OS. The van der Waals surface area contributed by atoms with E-state index >= 15 is 0 Å². The van der Waals surface area contributed by atoms with Crippen LogP contribution in [-0.4, -0.2) is 22.0 Å². The normalized spacial score (nSPS) is 21.0. The summed E-state index contributed by atoms with van der Waals surface area (Å²) in [5.41, 5.74) is 3.23. The number of hydrogen-bond donors (Lipinski definition) is 0. The second-order valence-electron chi connectivity index (χ2n) is 7.60. The Balaban J connectivity index is 1.61. The van der Waals surface area contributed by atoms with Crippen LogP contribution in [0, 0.1) is 6.92 Å². The Morgan fingerprint density at radius 2 is 1.72 bits per heavy atom. The monoisotopic (exact) mass is 402 g/mol. The first-order valence-electron chi connectivity index (χ1n) is 10.3. The summed E-state index contributed by atoms with van der Waals surface area (Å²) in [5, 5.41) is 0.810. The van der Waals surface area contributed by atoms with Crippen LogP contribution >= 0.6 is 11.8 Å². The van der Waals surface area contributed by atoms with Crippen LogP contribution in [0.15, 0.2) is 76.6 Å². The number of aryl methyl sites for hydroxylation is 1. The van der Waals surface area contributed by atoms with Crippen molar-refractivity contribution in [1.29, 1.82) is 0 Å². The largest absolute Gasteiger partial charge is 0.283 e. The SMILES string of the molecule is Cc1ccc(N=C2S/C(=C/C=C/c3ccccc3)C(=O)N2C2CCCCC2)cc1. The van der Waals surface area contributed by atoms with Crippen LogP contribution in [0.5, 0.6) is 0 Å². The summed E-state index contributed by atoms with van der Waals surface area (Å²) in [5.74, 6) is 0.0884. The molecular weight excluding hydrogens is 376 g/mol. The number of rotatable bonds is 4. The van der Waals surface area contributed by atoms with Gasteiger partial charge in [-0.1, -0.05) is 79.4 Å². The molecule has 1 aliphatic carbocycles. The highest BCUT2D eigenvalue weighted by atomic mass is 32.2. The van der Waals surface area contributed by atoms with E-state index < -0.39 is 0 Å². The Hall–Kier alpha value is -2.59. The summed E-state index contributed by atoms with van der Waals surface area (Å²) in [7, 11) is 0. The van der Waals surface area contributed by atoms with E-state index in [4.69, 9.17) is 4.99 Å². The fourth-order valence-corrected chi connectivity index (χ4v) is 4.79. The van der Waals surface area contributed by atoms with Crippen LogP contribution in [0.4, 0.5) is 5.69 Å². The van der Waals surface area contributed by atoms with Crippen molar-refractivity contribution in [3.05, 3.63) is 82.8 Å². The molecule has 2 aliphatic rings. The maximum atomic E-state index is 13.2. The standard InChI is InChI=1S/C25H26N2OS/c1-19-15-17-21(18-16-19)26-25-27(22-12-6-3-7-13-22)24(28)23(29-25)14-8-11-20-9-4-2-5-10-20/h2,4-5,8-11,14-18,22H,3,6-7,12-13H2,1H3/b11-8+,23-14+,26-25?. The van der Waals surface area contributed by atoms with Crippen molar-refractivity contribution in [2.75, 3.05) is 0 Å². The van der Waals surface area contributed by atoms with Gasteiger partial charge in [0.05, 0.1) is 10.6 Å². The summed E-state index contributed by atoms with van der Waals surface area (Å²) in [4.78, 5) is 20.8. The van der Waals surface area contributed by atoms with E-state index in [-0.39, 0.29) is 11.9 Å². The van der Waals surface area contributed by atoms with Crippen LogP contribution < -0.4 is 0 Å². The lowest BCUT2D eigenvalue weighted by molar-refractivity contribution is -0.124. The third kappa shape index (κ3) is 4.88. The zero-order valence-electron chi connectivity index (χ0n) is 16.8. The number of aliphatic imine (C=N–C) groups is 1. The van der Waals surface area contributed by atoms with Gasteiger partial charge in [0.1, 0.15) is 0 Å². The van der Waals surface area contributed by atoms with E-state index in [0.29, 0.717) is 0 Å². The topological polar surface area (TPSA) is 32.7 Å². The highest BCUT2D eigenvalue weighted by Gasteiger charge is 2.38. The minimum atomic E-state index is 0.0884. The summed E-state index contributed by atoms with van der Waals surface area (Å²) in [6.07, 6.45) is 11.7. The van der Waals surface area contributed by atoms with Gasteiger partial charge in [0.2, 0.25) is 0 Å². The number of amides is 1. The lowest BCUT2D eigenvalue weighted by Gasteiger charge is -2.30. The summed E-state index contributed by atoms with van der Waals surface area (Å²) in [6, 6.07) is 18.6. The van der Waals surface area contributed by atoms with Gasteiger partial charge in [0.25, 0.3) is 5.91 Å². The van der Waals surface area contributed by atoms with E-state index in [2.05, 4.69) is 31.2 Å². The average Bonchev–Trinajstić information content (AvgIpc) is 3.06. The molecule has 4 heteroatoms. The molecule has 2 fully saturated rings. The van der Waals surface area contributed by atoms with Gasteiger partial charge in [-0.05, 0) is 55.3 Å². The van der Waals surface area contributed by atoms with Gasteiger partial charge in [-0.15, -0.1) is 0 Å². The molecule has 1 saturated carbocycles. The number of hydrogen-bond acceptors (Lipinski definition) is 3. The first-order chi connectivity index (χ1) is 14.2. The minimum absolute atomic E-state index is 0.0884. The van der Waals surface area contributed by atoms with Crippen LogP contribution in [0.2, 0.25) is 0 Å². The van der Waals surface area contributed by atoms with Gasteiger partial charge >= 0.3 is 0 Å². The molecule has 2 aromatic rings. The van der Waals surface area contributed by atoms with Gasteiger partial charge in [-0.2, -0.15) is 0 Å². The molecule has 0 radical (unpaired) electrons. The summed E-state index contributed by atoms with van der Waals surface area (Å²) >= 11 is 1.49. The summed E-state index contributed by atoms with van der Waals surface area (Å²) in [6.45, 7) is 2.07. The molecule has 3 nitrogen and oxygen atoms in total. The molecule has 1 saturated heterocycles. The highest BCUT2D eigenvalue weighted by molar-refractivity contribution is 8.18. The Morgan fingerprint density at radius 1 is 1.00 bits per heavy atom. The Morgan fingerprint density at radius 3 is 2.45 bits per heavy atom. The molecule has 0 unspecified atom stereocenters. The zero-order chi connectivity index (χ0) is 20.1. The molecule has 4 rings (SSSR count). The van der Waals surface area contributed by atoms with E-state index in [9.17, 15) is 4.79 Å². The fourth-order valence-electron chi connectivity index (χ4n) is 3.78. The number of benzene rings is 2. The zero-order valence-corrected chi connectivity index (χ0v) is 17.6. The van der Waals surface area contributed by atoms with Crippen LogP contribution in [0.3, 0.4) is 0 Å². The maximum Gasteiger partial charge on any atom is 0.266 e. The molecule has 148 valence electrons. The average molecular weight is 403 g/mol. The van der Waals surface area contributed by atoms with Crippen molar-refractivity contribution in [3.63, 3.8) is 0 Å². The van der Waals surface area contributed by atoms with E-state index in [0.717, 1.165) is 34.2 Å². The van der Waals surface area contributed by atoms with Crippen molar-refractivity contribution in [2.24, 2.45) is 4.99 Å². The number of nitrogens with zero attached hydrogens (tertiary/aromatic N) is 2. The number of amidine groups is 1. The van der Waals surface area contributed by atoms with Gasteiger partial charge in [0.15, 0.2) is 5.17 Å². The second-order valence-corrected chi connectivity index (χ2v) is 8.61. The van der Waals surface area contributed by atoms with E-state index in [1.54, 1.807) is 0 Å². The van der Waals surface area contributed by atoms with E-state index in [1.165, 1.54) is 36.6 Å². The van der Waals surface area contributed by atoms with Gasteiger partial charge < -0.3 is 0 Å². The molecule has 0 aromatic heterocycles. The molecule has 0 N–H and O–H groups in total. The molecule has 2 aromatic carbocycles. The third-order valence-corrected chi connectivity index (χ3v) is 6.37. The fraction of sp³-hybridized carbons (Fsp3) is 0.280. The van der Waals surface area contributed by atoms with Gasteiger partial charge in [-0.25, -0.2) is 4.99 Å².